The first kappa shape index (κ1) is 15.6. The molecule has 2 aromatic rings. The van der Waals surface area contributed by atoms with Crippen LogP contribution in [0.3, 0.4) is 0 Å². The third-order valence-electron chi connectivity index (χ3n) is 6.40. The molecule has 6 nitrogen and oxygen atoms in total. The number of hydrogen-bond acceptors (Lipinski definition) is 3. The van der Waals surface area contributed by atoms with E-state index in [1.54, 1.807) is 6.20 Å². The summed E-state index contributed by atoms with van der Waals surface area (Å²) in [5.74, 6) is -1.43. The number of para-hydroxylation sites is 1. The molecule has 2 fully saturated rings. The van der Waals surface area contributed by atoms with Crippen molar-refractivity contribution in [1.82, 2.24) is 9.88 Å². The third kappa shape index (κ3) is 2.02. The van der Waals surface area contributed by atoms with Gasteiger partial charge in [-0.15, -0.1) is 0 Å². The standard InChI is InChI=1S/C20H20N2O4/c23-18-16-10-5-6-11(7-10)17(16)19(24)22(18)15(20(25)26)8-12-9-21-14-4-2-1-3-13(12)14/h1-6,9-11,15-18,21,23H,7-8H2,(H,25,26). The van der Waals surface area contributed by atoms with E-state index in [9.17, 15) is 19.8 Å². The molecule has 1 amide bonds. The summed E-state index contributed by atoms with van der Waals surface area (Å²) in [7, 11) is 0. The van der Waals surface area contributed by atoms with Crippen molar-refractivity contribution in [3.8, 4) is 0 Å². The molecule has 5 rings (SSSR count). The van der Waals surface area contributed by atoms with Crippen LogP contribution in [0.15, 0.2) is 42.6 Å². The van der Waals surface area contributed by atoms with E-state index in [0.717, 1.165) is 22.9 Å². The van der Waals surface area contributed by atoms with Crippen molar-refractivity contribution in [3.05, 3.63) is 48.2 Å². The van der Waals surface area contributed by atoms with Crippen molar-refractivity contribution in [2.24, 2.45) is 23.7 Å². The topological polar surface area (TPSA) is 93.6 Å². The molecule has 2 bridgehead atoms. The fraction of sp³-hybridized carbons (Fsp3) is 0.400. The molecule has 6 heteroatoms. The molecule has 2 heterocycles. The lowest BCUT2D eigenvalue weighted by atomic mass is 9.85. The van der Waals surface area contributed by atoms with Crippen molar-refractivity contribution >= 4 is 22.8 Å². The predicted molar refractivity (Wildman–Crippen MR) is 94.0 cm³/mol. The van der Waals surface area contributed by atoms with Gasteiger partial charge in [0.2, 0.25) is 5.91 Å². The second-order valence-corrected chi connectivity index (χ2v) is 7.63. The highest BCUT2D eigenvalue weighted by Crippen LogP contribution is 2.54. The number of rotatable bonds is 4. The Hall–Kier alpha value is -2.60. The summed E-state index contributed by atoms with van der Waals surface area (Å²) < 4.78 is 0. The number of aliphatic hydroxyl groups excluding tert-OH is 1. The number of carboxylic acid groups (broad SMARTS) is 1. The average Bonchev–Trinajstić information content (AvgIpc) is 3.37. The largest absolute Gasteiger partial charge is 0.480 e. The van der Waals surface area contributed by atoms with Gasteiger partial charge in [-0.1, -0.05) is 30.4 Å². The molecule has 1 saturated heterocycles. The third-order valence-corrected chi connectivity index (χ3v) is 6.40. The molecule has 6 unspecified atom stereocenters. The fourth-order valence-electron chi connectivity index (χ4n) is 5.25. The Morgan fingerprint density at radius 1 is 1.27 bits per heavy atom. The lowest BCUT2D eigenvalue weighted by Crippen LogP contribution is -2.49. The monoisotopic (exact) mass is 352 g/mol. The number of carbonyl (C=O) groups is 2. The van der Waals surface area contributed by atoms with Gasteiger partial charge in [0.05, 0.1) is 5.92 Å². The van der Waals surface area contributed by atoms with Crippen molar-refractivity contribution in [2.45, 2.75) is 25.1 Å². The van der Waals surface area contributed by atoms with E-state index in [-0.39, 0.29) is 36.0 Å². The molecule has 1 saturated carbocycles. The Balaban J connectivity index is 1.48. The van der Waals surface area contributed by atoms with Crippen LogP contribution >= 0.6 is 0 Å². The average molecular weight is 352 g/mol. The van der Waals surface area contributed by atoms with Gasteiger partial charge >= 0.3 is 5.97 Å². The van der Waals surface area contributed by atoms with Gasteiger partial charge in [0.1, 0.15) is 12.3 Å². The Morgan fingerprint density at radius 2 is 2.04 bits per heavy atom. The van der Waals surface area contributed by atoms with Crippen LogP contribution in [0.1, 0.15) is 12.0 Å². The minimum atomic E-state index is -1.08. The fourth-order valence-corrected chi connectivity index (χ4v) is 5.25. The van der Waals surface area contributed by atoms with Gasteiger partial charge < -0.3 is 20.1 Å². The van der Waals surface area contributed by atoms with E-state index >= 15 is 0 Å². The Morgan fingerprint density at radius 3 is 2.81 bits per heavy atom. The first-order valence-corrected chi connectivity index (χ1v) is 9.02. The zero-order chi connectivity index (χ0) is 18.0. The van der Waals surface area contributed by atoms with Crippen molar-refractivity contribution < 1.29 is 19.8 Å². The van der Waals surface area contributed by atoms with Crippen LogP contribution in [0, 0.1) is 23.7 Å². The van der Waals surface area contributed by atoms with E-state index in [4.69, 9.17) is 0 Å². The molecule has 1 aliphatic heterocycles. The number of H-pyrrole nitrogens is 1. The van der Waals surface area contributed by atoms with Crippen LogP contribution in [0.5, 0.6) is 0 Å². The molecular formula is C20H20N2O4. The zero-order valence-corrected chi connectivity index (χ0v) is 14.1. The lowest BCUT2D eigenvalue weighted by molar-refractivity contribution is -0.156. The van der Waals surface area contributed by atoms with Crippen molar-refractivity contribution in [3.63, 3.8) is 0 Å². The number of hydrogen-bond donors (Lipinski definition) is 3. The summed E-state index contributed by atoms with van der Waals surface area (Å²) >= 11 is 0. The van der Waals surface area contributed by atoms with E-state index in [0.29, 0.717) is 0 Å². The summed E-state index contributed by atoms with van der Waals surface area (Å²) in [6, 6.07) is 6.61. The molecule has 0 radical (unpaired) electrons. The highest BCUT2D eigenvalue weighted by atomic mass is 16.4. The predicted octanol–water partition coefficient (Wildman–Crippen LogP) is 1.76. The summed E-state index contributed by atoms with van der Waals surface area (Å²) in [6.45, 7) is 0. The molecule has 1 aromatic heterocycles. The number of allylic oxidation sites excluding steroid dienone is 2. The minimum absolute atomic E-state index is 0.139. The number of aromatic amines is 1. The quantitative estimate of drug-likeness (QED) is 0.731. The maximum Gasteiger partial charge on any atom is 0.326 e. The normalized spacial score (nSPS) is 33.2. The van der Waals surface area contributed by atoms with Gasteiger partial charge in [-0.05, 0) is 29.9 Å². The maximum absolute atomic E-state index is 13.0. The number of fused-ring (bicyclic) bond motifs is 6. The van der Waals surface area contributed by atoms with Gasteiger partial charge in [-0.3, -0.25) is 4.79 Å². The molecule has 2 aliphatic carbocycles. The van der Waals surface area contributed by atoms with E-state index in [1.165, 1.54) is 4.90 Å². The first-order valence-electron chi connectivity index (χ1n) is 9.02. The second-order valence-electron chi connectivity index (χ2n) is 7.63. The number of benzene rings is 1. The molecule has 3 N–H and O–H groups in total. The number of nitrogens with one attached hydrogen (secondary N) is 1. The van der Waals surface area contributed by atoms with E-state index in [1.807, 2.05) is 24.3 Å². The number of amides is 1. The van der Waals surface area contributed by atoms with Crippen molar-refractivity contribution in [2.75, 3.05) is 0 Å². The molecule has 26 heavy (non-hydrogen) atoms. The summed E-state index contributed by atoms with van der Waals surface area (Å²) in [4.78, 5) is 29.4. The van der Waals surface area contributed by atoms with Gasteiger partial charge in [0.25, 0.3) is 0 Å². The zero-order valence-electron chi connectivity index (χ0n) is 14.1. The van der Waals surface area contributed by atoms with Gasteiger partial charge in [-0.2, -0.15) is 0 Å². The van der Waals surface area contributed by atoms with Crippen LogP contribution in [0.2, 0.25) is 0 Å². The van der Waals surface area contributed by atoms with Crippen LogP contribution in [0.4, 0.5) is 0 Å². The minimum Gasteiger partial charge on any atom is -0.480 e. The highest BCUT2D eigenvalue weighted by Gasteiger charge is 2.60. The highest BCUT2D eigenvalue weighted by molar-refractivity contribution is 5.89. The van der Waals surface area contributed by atoms with Crippen LogP contribution < -0.4 is 0 Å². The summed E-state index contributed by atoms with van der Waals surface area (Å²) in [5, 5.41) is 21.6. The molecule has 6 atom stereocenters. The van der Waals surface area contributed by atoms with Gasteiger partial charge in [-0.25, -0.2) is 4.79 Å². The molecule has 0 spiro atoms. The SMILES string of the molecule is O=C(O)C(Cc1c[nH]c2ccccc12)N1C(=O)C2C3C=CC(C3)C2C1O. The Bertz CT molecular complexity index is 933. The van der Waals surface area contributed by atoms with Crippen LogP contribution in [0.25, 0.3) is 10.9 Å². The van der Waals surface area contributed by atoms with Crippen LogP contribution in [-0.4, -0.2) is 44.2 Å². The smallest absolute Gasteiger partial charge is 0.326 e. The lowest BCUT2D eigenvalue weighted by Gasteiger charge is -2.30. The summed E-state index contributed by atoms with van der Waals surface area (Å²) in [5.41, 5.74) is 1.77. The van der Waals surface area contributed by atoms with Gasteiger partial charge in [0, 0.05) is 29.4 Å². The first-order chi connectivity index (χ1) is 12.6. The Kier molecular flexibility index (Phi) is 3.28. The number of carboxylic acids is 1. The molecule has 3 aliphatic rings. The number of carbonyl (C=O) groups excluding carboxylic acids is 1. The van der Waals surface area contributed by atoms with E-state index in [2.05, 4.69) is 17.1 Å². The van der Waals surface area contributed by atoms with Crippen LogP contribution in [-0.2, 0) is 16.0 Å². The van der Waals surface area contributed by atoms with Crippen molar-refractivity contribution in [1.29, 1.82) is 0 Å². The molecule has 1 aromatic carbocycles. The Labute approximate surface area is 150 Å². The number of aliphatic carboxylic acids is 1. The number of likely N-dealkylation sites (tertiary alicyclic amines) is 1. The number of aromatic nitrogens is 1. The summed E-state index contributed by atoms with van der Waals surface area (Å²) in [6.07, 6.45) is 5.95. The van der Waals surface area contributed by atoms with E-state index < -0.39 is 18.2 Å². The maximum atomic E-state index is 13.0. The molecule has 134 valence electrons. The second kappa shape index (κ2) is 5.45. The number of aliphatic hydroxyl groups is 1. The molecular weight excluding hydrogens is 332 g/mol. The number of nitrogens with zero attached hydrogens (tertiary/aromatic N) is 1. The van der Waals surface area contributed by atoms with Gasteiger partial charge in [0.15, 0.2) is 0 Å².